The van der Waals surface area contributed by atoms with E-state index in [9.17, 15) is 18.3 Å². The van der Waals surface area contributed by atoms with Crippen LogP contribution in [0.15, 0.2) is 47.4 Å². The zero-order valence-electron chi connectivity index (χ0n) is 19.3. The number of aryl methyl sites for hydroxylation is 2. The quantitative estimate of drug-likeness (QED) is 0.570. The van der Waals surface area contributed by atoms with Crippen LogP contribution in [0.2, 0.25) is 5.02 Å². The molecule has 0 unspecified atom stereocenters. The van der Waals surface area contributed by atoms with Gasteiger partial charge in [0, 0.05) is 31.7 Å². The van der Waals surface area contributed by atoms with E-state index in [1.165, 1.54) is 11.4 Å². The molecule has 1 saturated heterocycles. The molecule has 33 heavy (non-hydrogen) atoms. The van der Waals surface area contributed by atoms with Gasteiger partial charge in [-0.3, -0.25) is 4.79 Å². The zero-order valence-corrected chi connectivity index (χ0v) is 20.8. The number of likely N-dealkylation sites (N-methyl/N-ethyl adjacent to an activating group) is 1. The number of piperidine rings is 1. The normalized spacial score (nSPS) is 16.2. The maximum atomic E-state index is 12.9. The molecule has 0 bridgehead atoms. The van der Waals surface area contributed by atoms with Gasteiger partial charge in [-0.15, -0.1) is 0 Å². The highest BCUT2D eigenvalue weighted by atomic mass is 35.5. The van der Waals surface area contributed by atoms with Crippen LogP contribution in [0, 0.1) is 13.8 Å². The molecule has 7 nitrogen and oxygen atoms in total. The van der Waals surface area contributed by atoms with Crippen molar-refractivity contribution in [2.75, 3.05) is 39.9 Å². The van der Waals surface area contributed by atoms with Crippen LogP contribution in [-0.4, -0.2) is 68.5 Å². The first-order valence-corrected chi connectivity index (χ1v) is 12.7. The first-order chi connectivity index (χ1) is 15.5. The lowest BCUT2D eigenvalue weighted by Gasteiger charge is -2.38. The Bertz CT molecular complexity index is 1080. The fourth-order valence-electron chi connectivity index (χ4n) is 3.93. The van der Waals surface area contributed by atoms with E-state index in [2.05, 4.69) is 0 Å². The molecule has 180 valence electrons. The summed E-state index contributed by atoms with van der Waals surface area (Å²) in [6.07, 6.45) is 0.924. The molecule has 0 radical (unpaired) electrons. The lowest BCUT2D eigenvalue weighted by atomic mass is 9.84. The Labute approximate surface area is 201 Å². The summed E-state index contributed by atoms with van der Waals surface area (Å²) in [7, 11) is -2.21. The molecule has 0 atom stereocenters. The van der Waals surface area contributed by atoms with Crippen molar-refractivity contribution in [2.24, 2.45) is 0 Å². The van der Waals surface area contributed by atoms with Crippen LogP contribution in [0.25, 0.3) is 0 Å². The number of hydrogen-bond donors (Lipinski definition) is 1. The number of ether oxygens (including phenoxy) is 1. The second kappa shape index (κ2) is 10.5. The second-order valence-electron chi connectivity index (χ2n) is 8.52. The predicted octanol–water partition coefficient (Wildman–Crippen LogP) is 3.10. The molecule has 1 aliphatic heterocycles. The molecule has 1 amide bonds. The summed E-state index contributed by atoms with van der Waals surface area (Å²) in [6.45, 7) is 4.43. The number of benzene rings is 2. The van der Waals surface area contributed by atoms with Gasteiger partial charge in [0.05, 0.1) is 17.1 Å². The molecule has 1 N–H and O–H groups in total. The maximum Gasteiger partial charge on any atom is 0.248 e. The molecule has 1 fully saturated rings. The Morgan fingerprint density at radius 1 is 1.15 bits per heavy atom. The van der Waals surface area contributed by atoms with Gasteiger partial charge in [0.25, 0.3) is 0 Å². The SMILES string of the molecule is Cc1cc(S(=O)(=O)N(C)CCOCC(=O)N2CCC(O)(c3ccccc3)CC2)c(C)cc1Cl. The summed E-state index contributed by atoms with van der Waals surface area (Å²) >= 11 is 6.08. The lowest BCUT2D eigenvalue weighted by Crippen LogP contribution is -2.46. The van der Waals surface area contributed by atoms with Gasteiger partial charge >= 0.3 is 0 Å². The van der Waals surface area contributed by atoms with Gasteiger partial charge in [-0.1, -0.05) is 41.9 Å². The number of rotatable bonds is 8. The molecule has 0 aromatic heterocycles. The van der Waals surface area contributed by atoms with Crippen molar-refractivity contribution in [1.82, 2.24) is 9.21 Å². The minimum Gasteiger partial charge on any atom is -0.385 e. The molecule has 1 aliphatic rings. The van der Waals surface area contributed by atoms with Crippen molar-refractivity contribution in [2.45, 2.75) is 37.2 Å². The number of carbonyl (C=O) groups is 1. The van der Waals surface area contributed by atoms with Crippen LogP contribution in [0.1, 0.15) is 29.5 Å². The molecule has 3 rings (SSSR count). The van der Waals surface area contributed by atoms with Crippen LogP contribution in [0.4, 0.5) is 0 Å². The Balaban J connectivity index is 1.46. The number of hydrogen-bond acceptors (Lipinski definition) is 5. The molecule has 0 saturated carbocycles. The van der Waals surface area contributed by atoms with Crippen molar-refractivity contribution in [1.29, 1.82) is 0 Å². The number of carbonyl (C=O) groups excluding carboxylic acids is 1. The summed E-state index contributed by atoms with van der Waals surface area (Å²) < 4.78 is 32.5. The molecule has 2 aromatic rings. The molecule has 2 aromatic carbocycles. The van der Waals surface area contributed by atoms with Crippen molar-refractivity contribution in [3.8, 4) is 0 Å². The lowest BCUT2D eigenvalue weighted by molar-refractivity contribution is -0.140. The summed E-state index contributed by atoms with van der Waals surface area (Å²) in [6, 6.07) is 12.7. The van der Waals surface area contributed by atoms with Crippen molar-refractivity contribution in [3.63, 3.8) is 0 Å². The van der Waals surface area contributed by atoms with Gasteiger partial charge in [0.2, 0.25) is 15.9 Å². The number of nitrogens with zero attached hydrogens (tertiary/aromatic N) is 2. The van der Waals surface area contributed by atoms with E-state index >= 15 is 0 Å². The third kappa shape index (κ3) is 5.94. The smallest absolute Gasteiger partial charge is 0.248 e. The van der Waals surface area contributed by atoms with E-state index in [4.69, 9.17) is 16.3 Å². The number of amides is 1. The predicted molar refractivity (Wildman–Crippen MR) is 128 cm³/mol. The Hall–Kier alpha value is -1.97. The van der Waals surface area contributed by atoms with Crippen LogP contribution in [0.5, 0.6) is 0 Å². The van der Waals surface area contributed by atoms with Gasteiger partial charge in [-0.05, 0) is 55.5 Å². The van der Waals surface area contributed by atoms with Crippen LogP contribution >= 0.6 is 11.6 Å². The van der Waals surface area contributed by atoms with E-state index in [-0.39, 0.29) is 30.6 Å². The minimum absolute atomic E-state index is 0.0921. The standard InChI is InChI=1S/C24H31ClN2O5S/c1-18-16-22(19(2)15-21(18)25)33(30,31)26(3)13-14-32-17-23(28)27-11-9-24(29,10-12-27)20-7-5-4-6-8-20/h4-8,15-16,29H,9-14,17H2,1-3H3. The average molecular weight is 495 g/mol. The highest BCUT2D eigenvalue weighted by Gasteiger charge is 2.35. The Morgan fingerprint density at radius 2 is 1.79 bits per heavy atom. The summed E-state index contributed by atoms with van der Waals surface area (Å²) in [5, 5.41) is 11.4. The van der Waals surface area contributed by atoms with Crippen LogP contribution < -0.4 is 0 Å². The molecular weight excluding hydrogens is 464 g/mol. The van der Waals surface area contributed by atoms with Gasteiger partial charge in [0.15, 0.2) is 0 Å². The maximum absolute atomic E-state index is 12.9. The number of likely N-dealkylation sites (tertiary alicyclic amines) is 1. The summed E-state index contributed by atoms with van der Waals surface area (Å²) in [4.78, 5) is 14.4. The van der Waals surface area contributed by atoms with Gasteiger partial charge in [0.1, 0.15) is 6.61 Å². The molecule has 0 aliphatic carbocycles. The van der Waals surface area contributed by atoms with Crippen LogP contribution in [-0.2, 0) is 25.2 Å². The zero-order chi connectivity index (χ0) is 24.2. The van der Waals surface area contributed by atoms with E-state index in [1.807, 2.05) is 30.3 Å². The molecular formula is C24H31ClN2O5S. The minimum atomic E-state index is -3.70. The topological polar surface area (TPSA) is 87.2 Å². The fraction of sp³-hybridized carbons (Fsp3) is 0.458. The highest BCUT2D eigenvalue weighted by molar-refractivity contribution is 7.89. The molecule has 0 spiro atoms. The van der Waals surface area contributed by atoms with Crippen molar-refractivity contribution >= 4 is 27.5 Å². The number of sulfonamides is 1. The third-order valence-electron chi connectivity index (χ3n) is 6.17. The largest absolute Gasteiger partial charge is 0.385 e. The van der Waals surface area contributed by atoms with Crippen molar-refractivity contribution in [3.05, 3.63) is 64.2 Å². The second-order valence-corrected chi connectivity index (χ2v) is 10.9. The van der Waals surface area contributed by atoms with Gasteiger partial charge in [-0.25, -0.2) is 8.42 Å². The van der Waals surface area contributed by atoms with E-state index < -0.39 is 15.6 Å². The summed E-state index contributed by atoms with van der Waals surface area (Å²) in [5.41, 5.74) is 1.21. The van der Waals surface area contributed by atoms with Crippen LogP contribution in [0.3, 0.4) is 0 Å². The first-order valence-electron chi connectivity index (χ1n) is 10.9. The van der Waals surface area contributed by atoms with E-state index in [0.29, 0.717) is 42.1 Å². The first kappa shape index (κ1) is 25.6. The Morgan fingerprint density at radius 3 is 2.42 bits per heavy atom. The monoisotopic (exact) mass is 494 g/mol. The van der Waals surface area contributed by atoms with Gasteiger partial charge in [-0.2, -0.15) is 4.31 Å². The Kier molecular flexibility index (Phi) is 8.18. The highest BCUT2D eigenvalue weighted by Crippen LogP contribution is 2.32. The molecule has 9 heteroatoms. The third-order valence-corrected chi connectivity index (χ3v) is 8.58. The fourth-order valence-corrected chi connectivity index (χ4v) is 5.59. The summed E-state index contributed by atoms with van der Waals surface area (Å²) in [5.74, 6) is -0.167. The van der Waals surface area contributed by atoms with E-state index in [1.54, 1.807) is 30.9 Å². The number of aliphatic hydroxyl groups is 1. The van der Waals surface area contributed by atoms with E-state index in [0.717, 1.165) is 5.56 Å². The van der Waals surface area contributed by atoms with Crippen molar-refractivity contribution < 1.29 is 23.1 Å². The average Bonchev–Trinajstić information content (AvgIpc) is 2.79. The number of halogens is 1. The molecule has 1 heterocycles. The van der Waals surface area contributed by atoms with Gasteiger partial charge < -0.3 is 14.7 Å².